The van der Waals surface area contributed by atoms with Crippen LogP contribution in [0.4, 0.5) is 0 Å². The lowest BCUT2D eigenvalue weighted by molar-refractivity contribution is 0.153. The van der Waals surface area contributed by atoms with E-state index >= 15 is 0 Å². The lowest BCUT2D eigenvalue weighted by Gasteiger charge is -2.30. The average Bonchev–Trinajstić information content (AvgIpc) is 2.25. The third-order valence-electron chi connectivity index (χ3n) is 3.02. The van der Waals surface area contributed by atoms with E-state index in [0.29, 0.717) is 25.0 Å². The molecule has 3 heteroatoms. The molecular weight excluding hydrogens is 176 g/mol. The summed E-state index contributed by atoms with van der Waals surface area (Å²) in [6.07, 6.45) is 6.40. The van der Waals surface area contributed by atoms with Gasteiger partial charge in [-0.3, -0.25) is 0 Å². The van der Waals surface area contributed by atoms with Gasteiger partial charge in [-0.15, -0.1) is 0 Å². The third-order valence-corrected chi connectivity index (χ3v) is 3.02. The number of nitrogens with zero attached hydrogens (tertiary/aromatic N) is 1. The average molecular weight is 196 g/mol. The van der Waals surface area contributed by atoms with E-state index < -0.39 is 0 Å². The number of hydrogen-bond acceptors (Lipinski definition) is 3. The van der Waals surface area contributed by atoms with Crippen molar-refractivity contribution in [3.8, 4) is 6.07 Å². The molecule has 0 aliphatic heterocycles. The zero-order chi connectivity index (χ0) is 10.2. The summed E-state index contributed by atoms with van der Waals surface area (Å²) in [7, 11) is 0. The lowest BCUT2D eigenvalue weighted by atomic mass is 9.85. The first kappa shape index (κ1) is 11.5. The number of aliphatic hydroxyl groups is 1. The SMILES string of the molecule is N#CCCCNC1CCCCC1CO. The number of nitrogens with one attached hydrogen (secondary N) is 1. The molecule has 0 aromatic carbocycles. The van der Waals surface area contributed by atoms with Gasteiger partial charge in [0.15, 0.2) is 0 Å². The molecule has 1 aliphatic rings. The van der Waals surface area contributed by atoms with E-state index in [4.69, 9.17) is 5.26 Å². The predicted molar refractivity (Wildman–Crippen MR) is 55.7 cm³/mol. The topological polar surface area (TPSA) is 56.0 Å². The summed E-state index contributed by atoms with van der Waals surface area (Å²) in [6.45, 7) is 1.21. The van der Waals surface area contributed by atoms with Crippen molar-refractivity contribution < 1.29 is 5.11 Å². The first-order valence-electron chi connectivity index (χ1n) is 5.59. The largest absolute Gasteiger partial charge is 0.396 e. The maximum atomic E-state index is 9.17. The zero-order valence-corrected chi connectivity index (χ0v) is 8.71. The van der Waals surface area contributed by atoms with Gasteiger partial charge < -0.3 is 10.4 Å². The van der Waals surface area contributed by atoms with Gasteiger partial charge in [0.25, 0.3) is 0 Å². The Morgan fingerprint density at radius 3 is 2.86 bits per heavy atom. The number of rotatable bonds is 5. The van der Waals surface area contributed by atoms with Gasteiger partial charge in [-0.1, -0.05) is 12.8 Å². The van der Waals surface area contributed by atoms with Crippen LogP contribution in [0.25, 0.3) is 0 Å². The second-order valence-corrected chi connectivity index (χ2v) is 4.05. The minimum atomic E-state index is 0.302. The quantitative estimate of drug-likeness (QED) is 0.654. The molecule has 3 nitrogen and oxygen atoms in total. The summed E-state index contributed by atoms with van der Waals surface area (Å²) in [5.41, 5.74) is 0. The van der Waals surface area contributed by atoms with Crippen molar-refractivity contribution >= 4 is 0 Å². The van der Waals surface area contributed by atoms with Crippen molar-refractivity contribution in [3.05, 3.63) is 0 Å². The fourth-order valence-electron chi connectivity index (χ4n) is 2.15. The van der Waals surface area contributed by atoms with Crippen LogP contribution in [-0.4, -0.2) is 24.3 Å². The molecule has 80 valence electrons. The van der Waals surface area contributed by atoms with E-state index in [9.17, 15) is 5.11 Å². The highest BCUT2D eigenvalue weighted by atomic mass is 16.3. The Balaban J connectivity index is 2.17. The Bertz CT molecular complexity index is 188. The molecule has 1 saturated carbocycles. The number of hydrogen-bond donors (Lipinski definition) is 2. The molecule has 1 rings (SSSR count). The van der Waals surface area contributed by atoms with Gasteiger partial charge in [-0.2, -0.15) is 5.26 Å². The van der Waals surface area contributed by atoms with Crippen molar-refractivity contribution in [3.63, 3.8) is 0 Å². The first-order chi connectivity index (χ1) is 6.88. The molecule has 0 aromatic heterocycles. The van der Waals surface area contributed by atoms with Crippen molar-refractivity contribution in [2.24, 2.45) is 5.92 Å². The molecule has 0 heterocycles. The first-order valence-corrected chi connectivity index (χ1v) is 5.59. The molecule has 0 spiro atoms. The summed E-state index contributed by atoms with van der Waals surface area (Å²) in [6, 6.07) is 2.62. The summed E-state index contributed by atoms with van der Waals surface area (Å²) < 4.78 is 0. The summed E-state index contributed by atoms with van der Waals surface area (Å²) in [4.78, 5) is 0. The van der Waals surface area contributed by atoms with Crippen LogP contribution in [0.5, 0.6) is 0 Å². The maximum Gasteiger partial charge on any atom is 0.0622 e. The zero-order valence-electron chi connectivity index (χ0n) is 8.71. The van der Waals surface area contributed by atoms with Crippen molar-refractivity contribution in [1.29, 1.82) is 5.26 Å². The Kier molecular flexibility index (Phi) is 5.58. The van der Waals surface area contributed by atoms with Crippen LogP contribution in [0, 0.1) is 17.2 Å². The highest BCUT2D eigenvalue weighted by Gasteiger charge is 2.23. The Labute approximate surface area is 86.1 Å². The number of aliphatic hydroxyl groups excluding tert-OH is 1. The van der Waals surface area contributed by atoms with E-state index in [0.717, 1.165) is 19.4 Å². The highest BCUT2D eigenvalue weighted by Crippen LogP contribution is 2.23. The van der Waals surface area contributed by atoms with Crippen LogP contribution < -0.4 is 5.32 Å². The van der Waals surface area contributed by atoms with Crippen LogP contribution in [0.1, 0.15) is 38.5 Å². The minimum absolute atomic E-state index is 0.302. The smallest absolute Gasteiger partial charge is 0.0622 e. The molecule has 2 atom stereocenters. The van der Waals surface area contributed by atoms with E-state index in [1.165, 1.54) is 19.3 Å². The monoisotopic (exact) mass is 196 g/mol. The highest BCUT2D eigenvalue weighted by molar-refractivity contribution is 4.81. The minimum Gasteiger partial charge on any atom is -0.396 e. The van der Waals surface area contributed by atoms with E-state index in [-0.39, 0.29) is 0 Å². The fraction of sp³-hybridized carbons (Fsp3) is 0.909. The molecular formula is C11H20N2O. The van der Waals surface area contributed by atoms with Crippen LogP contribution in [-0.2, 0) is 0 Å². The predicted octanol–water partition coefficient (Wildman–Crippen LogP) is 1.43. The molecule has 0 saturated heterocycles. The summed E-state index contributed by atoms with van der Waals surface area (Å²) in [5.74, 6) is 0.436. The van der Waals surface area contributed by atoms with E-state index in [1.54, 1.807) is 0 Å². The van der Waals surface area contributed by atoms with Gasteiger partial charge >= 0.3 is 0 Å². The standard InChI is InChI=1S/C11H20N2O/c12-7-3-4-8-13-11-6-2-1-5-10(11)9-14/h10-11,13-14H,1-6,8-9H2. The molecule has 0 radical (unpaired) electrons. The second kappa shape index (κ2) is 6.80. The lowest BCUT2D eigenvalue weighted by Crippen LogP contribution is -2.40. The molecule has 0 amide bonds. The molecule has 1 aliphatic carbocycles. The summed E-state index contributed by atoms with van der Waals surface area (Å²) >= 11 is 0. The molecule has 0 aromatic rings. The van der Waals surface area contributed by atoms with Crippen molar-refractivity contribution in [1.82, 2.24) is 5.32 Å². The van der Waals surface area contributed by atoms with Crippen molar-refractivity contribution in [2.75, 3.05) is 13.2 Å². The Hall–Kier alpha value is -0.590. The molecule has 1 fully saturated rings. The van der Waals surface area contributed by atoms with Gasteiger partial charge in [-0.05, 0) is 31.7 Å². The molecule has 14 heavy (non-hydrogen) atoms. The van der Waals surface area contributed by atoms with Gasteiger partial charge in [0.05, 0.1) is 6.07 Å². The summed E-state index contributed by atoms with van der Waals surface area (Å²) in [5, 5.41) is 21.0. The third kappa shape index (κ3) is 3.65. The van der Waals surface area contributed by atoms with E-state index in [2.05, 4.69) is 11.4 Å². The van der Waals surface area contributed by atoms with E-state index in [1.807, 2.05) is 0 Å². The van der Waals surface area contributed by atoms with Crippen LogP contribution in [0.2, 0.25) is 0 Å². The molecule has 2 N–H and O–H groups in total. The van der Waals surface area contributed by atoms with Gasteiger partial charge in [0, 0.05) is 19.1 Å². The van der Waals surface area contributed by atoms with Gasteiger partial charge in [0.2, 0.25) is 0 Å². The Morgan fingerprint density at radius 1 is 1.36 bits per heavy atom. The van der Waals surface area contributed by atoms with Crippen molar-refractivity contribution in [2.45, 2.75) is 44.6 Å². The van der Waals surface area contributed by atoms with Crippen LogP contribution in [0.15, 0.2) is 0 Å². The van der Waals surface area contributed by atoms with Gasteiger partial charge in [-0.25, -0.2) is 0 Å². The maximum absolute atomic E-state index is 9.17. The normalized spacial score (nSPS) is 27.1. The molecule has 0 bridgehead atoms. The number of unbranched alkanes of at least 4 members (excludes halogenated alkanes) is 1. The number of nitriles is 1. The van der Waals surface area contributed by atoms with Crippen LogP contribution in [0.3, 0.4) is 0 Å². The Morgan fingerprint density at radius 2 is 2.14 bits per heavy atom. The van der Waals surface area contributed by atoms with Crippen LogP contribution >= 0.6 is 0 Å². The fourth-order valence-corrected chi connectivity index (χ4v) is 2.15. The second-order valence-electron chi connectivity index (χ2n) is 4.05. The molecule has 2 unspecified atom stereocenters. The van der Waals surface area contributed by atoms with Gasteiger partial charge in [0.1, 0.15) is 0 Å².